The molecule has 1 heterocycles. The summed E-state index contributed by atoms with van der Waals surface area (Å²) in [6, 6.07) is 7.62. The molecular formula is C17H26ClN3O2. The van der Waals surface area contributed by atoms with E-state index >= 15 is 0 Å². The van der Waals surface area contributed by atoms with Gasteiger partial charge in [-0.05, 0) is 56.5 Å². The maximum absolute atomic E-state index is 11.7. The van der Waals surface area contributed by atoms with E-state index in [2.05, 4.69) is 15.5 Å². The van der Waals surface area contributed by atoms with Crippen molar-refractivity contribution in [2.75, 3.05) is 26.2 Å². The molecule has 1 atom stereocenters. The van der Waals surface area contributed by atoms with Crippen molar-refractivity contribution in [3.8, 4) is 0 Å². The van der Waals surface area contributed by atoms with Gasteiger partial charge in [-0.25, -0.2) is 4.79 Å². The van der Waals surface area contributed by atoms with Gasteiger partial charge in [-0.3, -0.25) is 4.90 Å². The Kier molecular flexibility index (Phi) is 7.65. The molecule has 1 aromatic rings. The van der Waals surface area contributed by atoms with Crippen LogP contribution in [0.2, 0.25) is 5.02 Å². The van der Waals surface area contributed by atoms with Crippen molar-refractivity contribution in [3.05, 3.63) is 34.9 Å². The van der Waals surface area contributed by atoms with Crippen LogP contribution in [0.5, 0.6) is 0 Å². The Morgan fingerprint density at radius 1 is 1.26 bits per heavy atom. The van der Waals surface area contributed by atoms with Crippen LogP contribution in [-0.4, -0.2) is 48.3 Å². The van der Waals surface area contributed by atoms with Crippen LogP contribution < -0.4 is 10.6 Å². The number of amides is 2. The van der Waals surface area contributed by atoms with Gasteiger partial charge in [-0.15, -0.1) is 0 Å². The molecule has 0 bridgehead atoms. The molecule has 1 aromatic carbocycles. The van der Waals surface area contributed by atoms with Gasteiger partial charge >= 0.3 is 6.03 Å². The average molecular weight is 340 g/mol. The Hall–Kier alpha value is -1.30. The number of hydrogen-bond donors (Lipinski definition) is 3. The fourth-order valence-corrected chi connectivity index (χ4v) is 3.01. The fraction of sp³-hybridized carbons (Fsp3) is 0.588. The normalized spacial score (nSPS) is 18.1. The third-order valence-electron chi connectivity index (χ3n) is 4.23. The van der Waals surface area contributed by atoms with Gasteiger partial charge in [0.1, 0.15) is 0 Å². The maximum Gasteiger partial charge on any atom is 0.315 e. The van der Waals surface area contributed by atoms with Gasteiger partial charge in [0.2, 0.25) is 0 Å². The van der Waals surface area contributed by atoms with Crippen LogP contribution >= 0.6 is 11.6 Å². The lowest BCUT2D eigenvalue weighted by atomic mass is 10.2. The van der Waals surface area contributed by atoms with E-state index in [1.807, 2.05) is 24.3 Å². The van der Waals surface area contributed by atoms with Crippen LogP contribution in [0.3, 0.4) is 0 Å². The first-order valence-corrected chi connectivity index (χ1v) is 8.68. The van der Waals surface area contributed by atoms with Crippen molar-refractivity contribution < 1.29 is 9.90 Å². The number of carbonyl (C=O) groups excluding carboxylic acids is 1. The SMILES string of the molecule is O=C(NCCCCN1CCC[C@@H]1CO)NCc1ccc(Cl)cc1. The van der Waals surface area contributed by atoms with E-state index in [-0.39, 0.29) is 12.6 Å². The molecule has 128 valence electrons. The lowest BCUT2D eigenvalue weighted by Crippen LogP contribution is -2.36. The molecule has 1 aliphatic rings. The van der Waals surface area contributed by atoms with Crippen LogP contribution in [-0.2, 0) is 6.54 Å². The topological polar surface area (TPSA) is 64.6 Å². The minimum Gasteiger partial charge on any atom is -0.395 e. The summed E-state index contributed by atoms with van der Waals surface area (Å²) in [6.45, 7) is 3.50. The predicted octanol–water partition coefficient (Wildman–Crippen LogP) is 2.38. The highest BCUT2D eigenvalue weighted by Crippen LogP contribution is 2.16. The third kappa shape index (κ3) is 6.37. The molecular weight excluding hydrogens is 314 g/mol. The molecule has 0 spiro atoms. The van der Waals surface area contributed by atoms with Gasteiger partial charge in [0.15, 0.2) is 0 Å². The summed E-state index contributed by atoms with van der Waals surface area (Å²) in [5.74, 6) is 0. The highest BCUT2D eigenvalue weighted by atomic mass is 35.5. The number of aliphatic hydroxyl groups excluding tert-OH is 1. The summed E-state index contributed by atoms with van der Waals surface area (Å²) in [5.41, 5.74) is 1.02. The zero-order valence-corrected chi connectivity index (χ0v) is 14.2. The van der Waals surface area contributed by atoms with E-state index in [0.717, 1.165) is 37.9 Å². The number of carbonyl (C=O) groups is 1. The molecule has 2 amide bonds. The van der Waals surface area contributed by atoms with Gasteiger partial charge in [0.05, 0.1) is 6.61 Å². The Balaban J connectivity index is 1.52. The van der Waals surface area contributed by atoms with Crippen molar-refractivity contribution in [1.82, 2.24) is 15.5 Å². The Morgan fingerprint density at radius 2 is 2.04 bits per heavy atom. The summed E-state index contributed by atoms with van der Waals surface area (Å²) >= 11 is 5.82. The lowest BCUT2D eigenvalue weighted by molar-refractivity contribution is 0.157. The average Bonchev–Trinajstić information content (AvgIpc) is 3.01. The molecule has 1 fully saturated rings. The molecule has 0 unspecified atom stereocenters. The van der Waals surface area contributed by atoms with Crippen LogP contribution in [0, 0.1) is 0 Å². The summed E-state index contributed by atoms with van der Waals surface area (Å²) in [7, 11) is 0. The first-order valence-electron chi connectivity index (χ1n) is 8.30. The highest BCUT2D eigenvalue weighted by Gasteiger charge is 2.22. The van der Waals surface area contributed by atoms with E-state index in [9.17, 15) is 9.90 Å². The number of aliphatic hydroxyl groups is 1. The molecule has 3 N–H and O–H groups in total. The first kappa shape index (κ1) is 18.0. The smallest absolute Gasteiger partial charge is 0.315 e. The van der Waals surface area contributed by atoms with E-state index in [1.165, 1.54) is 6.42 Å². The Morgan fingerprint density at radius 3 is 2.78 bits per heavy atom. The van der Waals surface area contributed by atoms with Crippen molar-refractivity contribution in [2.45, 2.75) is 38.3 Å². The number of nitrogens with one attached hydrogen (secondary N) is 2. The standard InChI is InChI=1S/C17H26ClN3O2/c18-15-7-5-14(6-8-15)12-20-17(23)19-9-1-2-10-21-11-3-4-16(21)13-22/h5-8,16,22H,1-4,9-13H2,(H2,19,20,23)/t16-/m1/s1. The minimum atomic E-state index is -0.144. The van der Waals surface area contributed by atoms with E-state index in [1.54, 1.807) is 0 Å². The van der Waals surface area contributed by atoms with E-state index < -0.39 is 0 Å². The second kappa shape index (κ2) is 9.75. The van der Waals surface area contributed by atoms with Crippen molar-refractivity contribution in [3.63, 3.8) is 0 Å². The highest BCUT2D eigenvalue weighted by molar-refractivity contribution is 6.30. The number of benzene rings is 1. The fourth-order valence-electron chi connectivity index (χ4n) is 2.89. The number of halogens is 1. The van der Waals surface area contributed by atoms with Crippen LogP contribution in [0.15, 0.2) is 24.3 Å². The van der Waals surface area contributed by atoms with Crippen molar-refractivity contribution in [2.24, 2.45) is 0 Å². The molecule has 1 saturated heterocycles. The summed E-state index contributed by atoms with van der Waals surface area (Å²) in [5, 5.41) is 15.7. The molecule has 6 heteroatoms. The predicted molar refractivity (Wildman–Crippen MR) is 92.6 cm³/mol. The number of hydrogen-bond acceptors (Lipinski definition) is 3. The van der Waals surface area contributed by atoms with Gasteiger partial charge in [-0.1, -0.05) is 23.7 Å². The number of unbranched alkanes of at least 4 members (excludes halogenated alkanes) is 1. The number of urea groups is 1. The van der Waals surface area contributed by atoms with Crippen LogP contribution in [0.1, 0.15) is 31.2 Å². The second-order valence-electron chi connectivity index (χ2n) is 5.96. The van der Waals surface area contributed by atoms with Gasteiger partial charge in [0, 0.05) is 24.2 Å². The quantitative estimate of drug-likeness (QED) is 0.637. The van der Waals surface area contributed by atoms with E-state index in [4.69, 9.17) is 11.6 Å². The Bertz CT molecular complexity index is 481. The zero-order chi connectivity index (χ0) is 16.5. The first-order chi connectivity index (χ1) is 11.2. The molecule has 0 saturated carbocycles. The van der Waals surface area contributed by atoms with Crippen molar-refractivity contribution in [1.29, 1.82) is 0 Å². The summed E-state index contributed by atoms with van der Waals surface area (Å²) in [6.07, 6.45) is 4.26. The molecule has 23 heavy (non-hydrogen) atoms. The van der Waals surface area contributed by atoms with Crippen LogP contribution in [0.25, 0.3) is 0 Å². The Labute approximate surface area is 143 Å². The summed E-state index contributed by atoms with van der Waals surface area (Å²) in [4.78, 5) is 14.1. The lowest BCUT2D eigenvalue weighted by Gasteiger charge is -2.22. The molecule has 0 aliphatic carbocycles. The third-order valence-corrected chi connectivity index (χ3v) is 4.49. The van der Waals surface area contributed by atoms with Crippen molar-refractivity contribution >= 4 is 17.6 Å². The summed E-state index contributed by atoms with van der Waals surface area (Å²) < 4.78 is 0. The molecule has 1 aliphatic heterocycles. The number of rotatable bonds is 8. The number of likely N-dealkylation sites (tertiary alicyclic amines) is 1. The van der Waals surface area contributed by atoms with Gasteiger partial charge in [-0.2, -0.15) is 0 Å². The molecule has 0 aromatic heterocycles. The second-order valence-corrected chi connectivity index (χ2v) is 6.39. The number of nitrogens with zero attached hydrogens (tertiary/aromatic N) is 1. The minimum absolute atomic E-state index is 0.144. The van der Waals surface area contributed by atoms with Gasteiger partial charge in [0.25, 0.3) is 0 Å². The van der Waals surface area contributed by atoms with Crippen LogP contribution in [0.4, 0.5) is 4.79 Å². The maximum atomic E-state index is 11.7. The van der Waals surface area contributed by atoms with Gasteiger partial charge < -0.3 is 15.7 Å². The largest absolute Gasteiger partial charge is 0.395 e. The molecule has 5 nitrogen and oxygen atoms in total. The zero-order valence-electron chi connectivity index (χ0n) is 13.4. The monoisotopic (exact) mass is 339 g/mol. The molecule has 2 rings (SSSR count). The van der Waals surface area contributed by atoms with E-state index in [0.29, 0.717) is 24.2 Å². The molecule has 0 radical (unpaired) electrons.